The number of nitrogens with one attached hydrogen (secondary N) is 1. The first-order chi connectivity index (χ1) is 14.0. The molecule has 0 spiro atoms. The molecule has 0 atom stereocenters. The summed E-state index contributed by atoms with van der Waals surface area (Å²) in [5.74, 6) is 0.152. The van der Waals surface area contributed by atoms with E-state index in [2.05, 4.69) is 15.3 Å². The van der Waals surface area contributed by atoms with Gasteiger partial charge in [-0.1, -0.05) is 0 Å². The van der Waals surface area contributed by atoms with Gasteiger partial charge in [0, 0.05) is 54.2 Å². The molecule has 1 N–H and O–H groups in total. The van der Waals surface area contributed by atoms with Crippen molar-refractivity contribution in [1.29, 1.82) is 0 Å². The average molecular weight is 389 g/mol. The van der Waals surface area contributed by atoms with Crippen LogP contribution in [0.2, 0.25) is 0 Å². The van der Waals surface area contributed by atoms with Crippen molar-refractivity contribution < 1.29 is 13.9 Å². The second kappa shape index (κ2) is 6.65. The second-order valence-corrected chi connectivity index (χ2v) is 7.64. The number of carbonyl (C=O) groups is 1. The van der Waals surface area contributed by atoms with Crippen LogP contribution in [0.5, 0.6) is 5.88 Å². The largest absolute Gasteiger partial charge is 0.474 e. The Morgan fingerprint density at radius 3 is 2.86 bits per heavy atom. The van der Waals surface area contributed by atoms with Gasteiger partial charge in [0.15, 0.2) is 5.78 Å². The standard InChI is InChI=1S/C23H20FN3O2/c1-12-5-14(10-26-12)6-18-16-7-15(8-20(24)17(16)9-21(18)28)19-11-27-23-22(13(19)2)25-3-4-29-23/h6-8,10-11,25H,3-5,9H2,1-2H3/b18-6-. The van der Waals surface area contributed by atoms with Crippen molar-refractivity contribution in [3.05, 3.63) is 58.7 Å². The lowest BCUT2D eigenvalue weighted by atomic mass is 9.95. The molecule has 2 aliphatic heterocycles. The van der Waals surface area contributed by atoms with E-state index in [9.17, 15) is 9.18 Å². The topological polar surface area (TPSA) is 63.6 Å². The Hall–Kier alpha value is -3.28. The molecule has 6 heteroatoms. The van der Waals surface area contributed by atoms with E-state index in [0.717, 1.165) is 28.1 Å². The molecular weight excluding hydrogens is 369 g/mol. The second-order valence-electron chi connectivity index (χ2n) is 7.64. The summed E-state index contributed by atoms with van der Waals surface area (Å²) in [7, 11) is 0. The van der Waals surface area contributed by atoms with Gasteiger partial charge in [-0.2, -0.15) is 0 Å². The number of hydrogen-bond donors (Lipinski definition) is 1. The maximum absolute atomic E-state index is 15.0. The number of Topliss-reactive ketones (excluding diaryl/α,β-unsaturated/α-hetero) is 1. The van der Waals surface area contributed by atoms with Crippen LogP contribution in [0, 0.1) is 12.7 Å². The van der Waals surface area contributed by atoms with E-state index in [-0.39, 0.29) is 18.0 Å². The number of aromatic nitrogens is 1. The molecular formula is C23H20FN3O2. The van der Waals surface area contributed by atoms with Gasteiger partial charge in [0.2, 0.25) is 5.88 Å². The fourth-order valence-corrected chi connectivity index (χ4v) is 4.14. The highest BCUT2D eigenvalue weighted by Gasteiger charge is 2.29. The number of aliphatic imine (C=N–C) groups is 1. The highest BCUT2D eigenvalue weighted by atomic mass is 19.1. The molecule has 0 saturated heterocycles. The van der Waals surface area contributed by atoms with Crippen molar-refractivity contribution in [3.63, 3.8) is 0 Å². The van der Waals surface area contributed by atoms with Crippen molar-refractivity contribution in [2.75, 3.05) is 18.5 Å². The number of benzene rings is 1. The lowest BCUT2D eigenvalue weighted by Crippen LogP contribution is -2.20. The number of nitrogens with zero attached hydrogens (tertiary/aromatic N) is 2. The molecule has 0 bridgehead atoms. The zero-order valence-corrected chi connectivity index (χ0v) is 16.3. The summed E-state index contributed by atoms with van der Waals surface area (Å²) >= 11 is 0. The maximum atomic E-state index is 15.0. The van der Waals surface area contributed by atoms with Gasteiger partial charge in [-0.25, -0.2) is 9.37 Å². The van der Waals surface area contributed by atoms with Gasteiger partial charge in [0.1, 0.15) is 18.1 Å². The Bertz CT molecular complexity index is 1160. The first kappa shape index (κ1) is 17.8. The SMILES string of the molecule is CC1=NC=C(/C=C2\C(=O)Cc3c(F)cc(-c4cnc5c(c4C)NCCO5)cc32)C1. The minimum Gasteiger partial charge on any atom is -0.474 e. The summed E-state index contributed by atoms with van der Waals surface area (Å²) in [6.07, 6.45) is 6.14. The normalized spacial score (nSPS) is 18.7. The van der Waals surface area contributed by atoms with Crippen LogP contribution in [0.15, 0.2) is 41.2 Å². The molecule has 5 rings (SSSR count). The lowest BCUT2D eigenvalue weighted by molar-refractivity contribution is -0.112. The van der Waals surface area contributed by atoms with E-state index in [1.54, 1.807) is 12.4 Å². The van der Waals surface area contributed by atoms with Crippen LogP contribution in [0.4, 0.5) is 10.1 Å². The number of rotatable bonds is 2. The van der Waals surface area contributed by atoms with Crippen molar-refractivity contribution in [2.45, 2.75) is 26.7 Å². The number of hydrogen-bond acceptors (Lipinski definition) is 5. The van der Waals surface area contributed by atoms with Crippen LogP contribution >= 0.6 is 0 Å². The molecule has 0 unspecified atom stereocenters. The number of carbonyl (C=O) groups excluding carboxylic acids is 1. The highest BCUT2D eigenvalue weighted by molar-refractivity contribution is 6.26. The molecule has 146 valence electrons. The number of anilines is 1. The van der Waals surface area contributed by atoms with Crippen LogP contribution < -0.4 is 10.1 Å². The van der Waals surface area contributed by atoms with Gasteiger partial charge in [-0.05, 0) is 54.3 Å². The molecule has 1 aliphatic carbocycles. The molecule has 29 heavy (non-hydrogen) atoms. The Labute approximate surface area is 168 Å². The van der Waals surface area contributed by atoms with E-state index >= 15 is 0 Å². The van der Waals surface area contributed by atoms with E-state index in [0.29, 0.717) is 47.7 Å². The molecule has 3 heterocycles. The predicted octanol–water partition coefficient (Wildman–Crippen LogP) is 4.26. The summed E-state index contributed by atoms with van der Waals surface area (Å²) < 4.78 is 20.5. The van der Waals surface area contributed by atoms with Gasteiger partial charge in [0.05, 0.1) is 0 Å². The third-order valence-electron chi connectivity index (χ3n) is 5.62. The summed E-state index contributed by atoms with van der Waals surface area (Å²) in [5.41, 5.74) is 6.98. The molecule has 1 aromatic carbocycles. The Morgan fingerprint density at radius 2 is 2.07 bits per heavy atom. The van der Waals surface area contributed by atoms with E-state index < -0.39 is 0 Å². The van der Waals surface area contributed by atoms with Crippen LogP contribution in [0.25, 0.3) is 16.7 Å². The quantitative estimate of drug-likeness (QED) is 0.780. The van der Waals surface area contributed by atoms with Gasteiger partial charge in [-0.3, -0.25) is 9.79 Å². The fourth-order valence-electron chi connectivity index (χ4n) is 4.14. The average Bonchev–Trinajstić information content (AvgIpc) is 3.26. The minimum atomic E-state index is -0.358. The Balaban J connectivity index is 1.61. The number of pyridine rings is 1. The van der Waals surface area contributed by atoms with E-state index in [1.165, 1.54) is 6.07 Å². The molecule has 0 saturated carbocycles. The number of halogens is 1. The molecule has 0 amide bonds. The van der Waals surface area contributed by atoms with Gasteiger partial charge in [-0.15, -0.1) is 0 Å². The van der Waals surface area contributed by atoms with Crippen LogP contribution in [0.3, 0.4) is 0 Å². The zero-order chi connectivity index (χ0) is 20.1. The Morgan fingerprint density at radius 1 is 1.21 bits per heavy atom. The summed E-state index contributed by atoms with van der Waals surface area (Å²) in [4.78, 5) is 21.3. The zero-order valence-electron chi connectivity index (χ0n) is 16.3. The number of fused-ring (bicyclic) bond motifs is 2. The first-order valence-corrected chi connectivity index (χ1v) is 9.68. The first-order valence-electron chi connectivity index (χ1n) is 9.68. The van der Waals surface area contributed by atoms with E-state index in [1.807, 2.05) is 26.0 Å². The third-order valence-corrected chi connectivity index (χ3v) is 5.62. The minimum absolute atomic E-state index is 0.0585. The molecule has 3 aliphatic rings. The molecule has 5 nitrogen and oxygen atoms in total. The van der Waals surface area contributed by atoms with Crippen LogP contribution in [0.1, 0.15) is 30.0 Å². The molecule has 0 radical (unpaired) electrons. The van der Waals surface area contributed by atoms with Gasteiger partial charge in [0.25, 0.3) is 0 Å². The van der Waals surface area contributed by atoms with Crippen molar-refractivity contribution >= 4 is 22.8 Å². The monoisotopic (exact) mass is 389 g/mol. The third kappa shape index (κ3) is 2.95. The predicted molar refractivity (Wildman–Crippen MR) is 111 cm³/mol. The van der Waals surface area contributed by atoms with Crippen molar-refractivity contribution in [2.24, 2.45) is 4.99 Å². The van der Waals surface area contributed by atoms with Crippen molar-refractivity contribution in [1.82, 2.24) is 4.98 Å². The molecule has 1 aromatic heterocycles. The summed E-state index contributed by atoms with van der Waals surface area (Å²) in [6.45, 7) is 5.19. The number of ketones is 1. The van der Waals surface area contributed by atoms with Gasteiger partial charge >= 0.3 is 0 Å². The smallest absolute Gasteiger partial charge is 0.237 e. The van der Waals surface area contributed by atoms with Gasteiger partial charge < -0.3 is 10.1 Å². The fraction of sp³-hybridized carbons (Fsp3) is 0.261. The summed E-state index contributed by atoms with van der Waals surface area (Å²) in [5, 5.41) is 3.31. The maximum Gasteiger partial charge on any atom is 0.237 e. The lowest BCUT2D eigenvalue weighted by Gasteiger charge is -2.21. The van der Waals surface area contributed by atoms with E-state index in [4.69, 9.17) is 4.74 Å². The van der Waals surface area contributed by atoms with Crippen LogP contribution in [-0.2, 0) is 11.2 Å². The molecule has 2 aromatic rings. The summed E-state index contributed by atoms with van der Waals surface area (Å²) in [6, 6.07) is 3.40. The highest BCUT2D eigenvalue weighted by Crippen LogP contribution is 2.40. The Kier molecular flexibility index (Phi) is 4.08. The van der Waals surface area contributed by atoms with Crippen molar-refractivity contribution in [3.8, 4) is 17.0 Å². The van der Waals surface area contributed by atoms with Crippen LogP contribution in [-0.4, -0.2) is 29.6 Å². The number of allylic oxidation sites excluding steroid dienone is 3. The number of ether oxygens (including phenoxy) is 1. The molecule has 0 fully saturated rings.